The fraction of sp³-hybridized carbons (Fsp3) is 0.182. The van der Waals surface area contributed by atoms with E-state index < -0.39 is 15.7 Å². The SMILES string of the molecule is COc1cc(C=C2C(=N)N3C(=NC2=O)SN=C3S(C)(=O)=O)ccc1OCc1ccccc1C. The molecule has 4 rings (SSSR count). The number of aliphatic imine (C=N–C) groups is 1. The van der Waals surface area contributed by atoms with E-state index in [0.29, 0.717) is 23.7 Å². The van der Waals surface area contributed by atoms with Crippen LogP contribution in [-0.4, -0.2) is 48.8 Å². The zero-order chi connectivity index (χ0) is 23.8. The second kappa shape index (κ2) is 8.83. The fourth-order valence-corrected chi connectivity index (χ4v) is 5.07. The van der Waals surface area contributed by atoms with Crippen LogP contribution in [0.4, 0.5) is 0 Å². The molecule has 9 nitrogen and oxygen atoms in total. The third-order valence-corrected chi connectivity index (χ3v) is 6.72. The van der Waals surface area contributed by atoms with Gasteiger partial charge in [-0.15, -0.1) is 0 Å². The van der Waals surface area contributed by atoms with E-state index in [4.69, 9.17) is 14.9 Å². The number of methoxy groups -OCH3 is 1. The summed E-state index contributed by atoms with van der Waals surface area (Å²) < 4.78 is 39.2. The average molecular weight is 485 g/mol. The highest BCUT2D eigenvalue weighted by atomic mass is 32.2. The molecule has 1 N–H and O–H groups in total. The lowest BCUT2D eigenvalue weighted by atomic mass is 10.1. The maximum absolute atomic E-state index is 12.5. The van der Waals surface area contributed by atoms with Gasteiger partial charge in [0.25, 0.3) is 5.91 Å². The van der Waals surface area contributed by atoms with Gasteiger partial charge in [0, 0.05) is 6.26 Å². The molecule has 0 saturated heterocycles. The Balaban J connectivity index is 1.61. The highest BCUT2D eigenvalue weighted by Gasteiger charge is 2.41. The van der Waals surface area contributed by atoms with Crippen LogP contribution in [0.15, 0.2) is 57.4 Å². The second-order valence-electron chi connectivity index (χ2n) is 7.30. The molecule has 0 aliphatic carbocycles. The second-order valence-corrected chi connectivity index (χ2v) is 9.94. The number of carbonyl (C=O) groups excluding carboxylic acids is 1. The van der Waals surface area contributed by atoms with Crippen molar-refractivity contribution >= 4 is 49.9 Å². The van der Waals surface area contributed by atoms with E-state index in [1.165, 1.54) is 13.2 Å². The molecule has 0 atom stereocenters. The lowest BCUT2D eigenvalue weighted by Crippen LogP contribution is -2.45. The predicted octanol–water partition coefficient (Wildman–Crippen LogP) is 3.20. The number of rotatable bonds is 5. The number of nitrogens with zero attached hydrogens (tertiary/aromatic N) is 3. The van der Waals surface area contributed by atoms with Gasteiger partial charge in [-0.05, 0) is 41.8 Å². The van der Waals surface area contributed by atoms with Gasteiger partial charge in [0.2, 0.25) is 20.2 Å². The largest absolute Gasteiger partial charge is 0.493 e. The number of carbonyl (C=O) groups is 1. The topological polar surface area (TPSA) is 121 Å². The van der Waals surface area contributed by atoms with Gasteiger partial charge >= 0.3 is 0 Å². The average Bonchev–Trinajstić information content (AvgIpc) is 3.21. The summed E-state index contributed by atoms with van der Waals surface area (Å²) in [6, 6.07) is 13.0. The minimum atomic E-state index is -3.71. The van der Waals surface area contributed by atoms with Gasteiger partial charge in [0.15, 0.2) is 11.5 Å². The van der Waals surface area contributed by atoms with Gasteiger partial charge in [-0.25, -0.2) is 13.3 Å². The minimum absolute atomic E-state index is 0.0418. The van der Waals surface area contributed by atoms with Crippen LogP contribution in [0, 0.1) is 12.3 Å². The summed E-state index contributed by atoms with van der Waals surface area (Å²) >= 11 is 0.749. The third kappa shape index (κ3) is 4.55. The van der Waals surface area contributed by atoms with Gasteiger partial charge in [-0.3, -0.25) is 10.2 Å². The summed E-state index contributed by atoms with van der Waals surface area (Å²) in [5, 5.41) is 8.14. The molecule has 0 bridgehead atoms. The van der Waals surface area contributed by atoms with Crippen molar-refractivity contribution in [2.45, 2.75) is 13.5 Å². The van der Waals surface area contributed by atoms with Crippen molar-refractivity contribution in [3.05, 3.63) is 64.7 Å². The Hall–Kier alpha value is -3.44. The zero-order valence-electron chi connectivity index (χ0n) is 18.0. The Morgan fingerprint density at radius 3 is 2.64 bits per heavy atom. The molecule has 170 valence electrons. The maximum atomic E-state index is 12.5. The first-order valence-electron chi connectivity index (χ1n) is 9.73. The van der Waals surface area contributed by atoms with E-state index in [1.54, 1.807) is 18.2 Å². The van der Waals surface area contributed by atoms with Crippen molar-refractivity contribution in [2.75, 3.05) is 13.4 Å². The zero-order valence-corrected chi connectivity index (χ0v) is 19.7. The number of amidine groups is 3. The molecule has 0 aromatic heterocycles. The lowest BCUT2D eigenvalue weighted by Gasteiger charge is -2.23. The van der Waals surface area contributed by atoms with Crippen LogP contribution >= 0.6 is 11.9 Å². The molecule has 0 unspecified atom stereocenters. The van der Waals surface area contributed by atoms with Crippen LogP contribution in [0.2, 0.25) is 0 Å². The van der Waals surface area contributed by atoms with Crippen molar-refractivity contribution in [2.24, 2.45) is 9.39 Å². The number of amides is 1. The van der Waals surface area contributed by atoms with Crippen molar-refractivity contribution < 1.29 is 22.7 Å². The van der Waals surface area contributed by atoms with Crippen LogP contribution < -0.4 is 9.47 Å². The molecule has 0 spiro atoms. The third-order valence-electron chi connectivity index (χ3n) is 4.97. The standard InChI is InChI=1S/C22H20N4O5S2/c1-13-6-4-5-7-15(13)12-31-17-9-8-14(11-18(17)30-2)10-16-19(23)26-21(24-20(16)27)32-25-22(26)33(3,28)29/h4-11,23H,12H2,1-3H3. The number of hydrogen-bond donors (Lipinski definition) is 1. The number of ether oxygens (including phenoxy) is 2. The number of sulfone groups is 1. The summed E-state index contributed by atoms with van der Waals surface area (Å²) in [7, 11) is -2.20. The summed E-state index contributed by atoms with van der Waals surface area (Å²) in [4.78, 5) is 17.5. The van der Waals surface area contributed by atoms with Gasteiger partial charge in [-0.1, -0.05) is 30.3 Å². The van der Waals surface area contributed by atoms with Gasteiger partial charge in [0.05, 0.1) is 24.6 Å². The number of fused-ring (bicyclic) bond motifs is 1. The van der Waals surface area contributed by atoms with Gasteiger partial charge in [-0.2, -0.15) is 9.39 Å². The summed E-state index contributed by atoms with van der Waals surface area (Å²) in [5.41, 5.74) is 2.66. The fourth-order valence-electron chi connectivity index (χ4n) is 3.22. The van der Waals surface area contributed by atoms with E-state index in [2.05, 4.69) is 9.39 Å². The molecule has 0 fully saturated rings. The quantitative estimate of drug-likeness (QED) is 0.511. The highest BCUT2D eigenvalue weighted by Crippen LogP contribution is 2.32. The molecule has 2 aliphatic rings. The maximum Gasteiger partial charge on any atom is 0.283 e. The Morgan fingerprint density at radius 2 is 1.94 bits per heavy atom. The van der Waals surface area contributed by atoms with E-state index in [-0.39, 0.29) is 21.7 Å². The first-order valence-corrected chi connectivity index (χ1v) is 12.4. The van der Waals surface area contributed by atoms with Crippen molar-refractivity contribution in [3.63, 3.8) is 0 Å². The minimum Gasteiger partial charge on any atom is -0.493 e. The molecular weight excluding hydrogens is 464 g/mol. The molecule has 2 aliphatic heterocycles. The molecule has 2 heterocycles. The molecule has 0 radical (unpaired) electrons. The van der Waals surface area contributed by atoms with Gasteiger partial charge < -0.3 is 9.47 Å². The lowest BCUT2D eigenvalue weighted by molar-refractivity contribution is -0.114. The molecule has 2 aromatic rings. The molecular formula is C22H20N4O5S2. The highest BCUT2D eigenvalue weighted by molar-refractivity contribution is 8.16. The van der Waals surface area contributed by atoms with Gasteiger partial charge in [0.1, 0.15) is 12.4 Å². The van der Waals surface area contributed by atoms with Crippen LogP contribution in [0.1, 0.15) is 16.7 Å². The first-order chi connectivity index (χ1) is 15.7. The Kier molecular flexibility index (Phi) is 6.09. The summed E-state index contributed by atoms with van der Waals surface area (Å²) in [6.07, 6.45) is 2.45. The number of hydrogen-bond acceptors (Lipinski definition) is 8. The molecule has 11 heteroatoms. The summed E-state index contributed by atoms with van der Waals surface area (Å²) in [5.74, 6) is 0.0169. The van der Waals surface area contributed by atoms with E-state index in [1.807, 2.05) is 31.2 Å². The van der Waals surface area contributed by atoms with Crippen molar-refractivity contribution in [1.29, 1.82) is 5.41 Å². The van der Waals surface area contributed by atoms with Crippen LogP contribution in [0.25, 0.3) is 6.08 Å². The van der Waals surface area contributed by atoms with Crippen LogP contribution in [-0.2, 0) is 21.2 Å². The number of aryl methyl sites for hydroxylation is 1. The van der Waals surface area contributed by atoms with E-state index in [0.717, 1.165) is 34.2 Å². The number of benzene rings is 2. The normalized spacial score (nSPS) is 17.1. The Labute approximate surface area is 195 Å². The van der Waals surface area contributed by atoms with Crippen LogP contribution in [0.3, 0.4) is 0 Å². The molecule has 33 heavy (non-hydrogen) atoms. The Bertz CT molecular complexity index is 1360. The Morgan fingerprint density at radius 1 is 1.18 bits per heavy atom. The molecule has 2 aromatic carbocycles. The van der Waals surface area contributed by atoms with Crippen LogP contribution in [0.5, 0.6) is 11.5 Å². The van der Waals surface area contributed by atoms with Crippen molar-refractivity contribution in [1.82, 2.24) is 4.90 Å². The monoisotopic (exact) mass is 484 g/mol. The van der Waals surface area contributed by atoms with Crippen molar-refractivity contribution in [3.8, 4) is 11.5 Å². The predicted molar refractivity (Wildman–Crippen MR) is 128 cm³/mol. The molecule has 0 saturated carbocycles. The van der Waals surface area contributed by atoms with E-state index >= 15 is 0 Å². The first kappa shape index (κ1) is 22.7. The summed E-state index contributed by atoms with van der Waals surface area (Å²) in [6.45, 7) is 2.37. The smallest absolute Gasteiger partial charge is 0.283 e. The number of nitrogens with one attached hydrogen (secondary N) is 1. The van der Waals surface area contributed by atoms with E-state index in [9.17, 15) is 13.2 Å². The molecule has 1 amide bonds.